The van der Waals surface area contributed by atoms with Crippen molar-refractivity contribution in [3.8, 4) is 0 Å². The van der Waals surface area contributed by atoms with E-state index in [1.165, 1.54) is 0 Å². The first-order chi connectivity index (χ1) is 7.87. The molecule has 0 aliphatic carbocycles. The number of rotatable bonds is 0. The van der Waals surface area contributed by atoms with Gasteiger partial charge in [0.05, 0.1) is 0 Å². The average molecular weight is 240 g/mol. The number of nitrogens with zero attached hydrogens (tertiary/aromatic N) is 1. The Morgan fingerprint density at radius 3 is 2.65 bits per heavy atom. The summed E-state index contributed by atoms with van der Waals surface area (Å²) in [6.45, 7) is 11.8. The Kier molecular flexibility index (Phi) is 3.34. The summed E-state index contributed by atoms with van der Waals surface area (Å²) in [5.41, 5.74) is -0.398. The van der Waals surface area contributed by atoms with Gasteiger partial charge in [-0.2, -0.15) is 0 Å². The van der Waals surface area contributed by atoms with Crippen LogP contribution >= 0.6 is 0 Å². The second-order valence-electron chi connectivity index (χ2n) is 6.44. The Labute approximate surface area is 104 Å². The summed E-state index contributed by atoms with van der Waals surface area (Å²) in [5, 5.41) is 3.42. The van der Waals surface area contributed by atoms with Crippen LogP contribution in [0.2, 0.25) is 0 Å². The predicted molar refractivity (Wildman–Crippen MR) is 66.8 cm³/mol. The van der Waals surface area contributed by atoms with Crippen molar-refractivity contribution in [1.82, 2.24) is 10.2 Å². The number of fused-ring (bicyclic) bond motifs is 1. The van der Waals surface area contributed by atoms with Gasteiger partial charge in [0.15, 0.2) is 0 Å². The first-order valence-electron chi connectivity index (χ1n) is 6.55. The fourth-order valence-corrected chi connectivity index (χ4v) is 2.94. The fourth-order valence-electron chi connectivity index (χ4n) is 2.94. The molecule has 3 atom stereocenters. The summed E-state index contributed by atoms with van der Waals surface area (Å²) in [4.78, 5) is 13.9. The van der Waals surface area contributed by atoms with E-state index in [1.807, 2.05) is 25.7 Å². The molecule has 2 aliphatic heterocycles. The summed E-state index contributed by atoms with van der Waals surface area (Å²) >= 11 is 0. The molecule has 2 rings (SSSR count). The molecule has 1 N–H and O–H groups in total. The van der Waals surface area contributed by atoms with Gasteiger partial charge in [0.2, 0.25) is 0 Å². The molecule has 98 valence electrons. The highest BCUT2D eigenvalue weighted by Gasteiger charge is 2.39. The quantitative estimate of drug-likeness (QED) is 0.701. The standard InChI is InChI=1S/C13H24N2O2/c1-9-7-15(12(16)17-13(2,3)4)8-10-5-14-6-11(9)10/h9-11,14H,5-8H2,1-4H3/t9?,10-,11+/m0/s1. The van der Waals surface area contributed by atoms with E-state index in [0.29, 0.717) is 11.8 Å². The van der Waals surface area contributed by atoms with Crippen LogP contribution in [0.1, 0.15) is 27.7 Å². The molecule has 0 saturated carbocycles. The second kappa shape index (κ2) is 4.48. The van der Waals surface area contributed by atoms with Crippen LogP contribution in [0.15, 0.2) is 0 Å². The van der Waals surface area contributed by atoms with Crippen molar-refractivity contribution in [3.05, 3.63) is 0 Å². The minimum Gasteiger partial charge on any atom is -0.444 e. The van der Waals surface area contributed by atoms with Crippen molar-refractivity contribution in [2.24, 2.45) is 17.8 Å². The number of carbonyl (C=O) groups is 1. The molecular weight excluding hydrogens is 216 g/mol. The molecular formula is C13H24N2O2. The molecule has 4 nitrogen and oxygen atoms in total. The maximum absolute atomic E-state index is 12.0. The first kappa shape index (κ1) is 12.7. The average Bonchev–Trinajstić information content (AvgIpc) is 2.63. The van der Waals surface area contributed by atoms with Crippen LogP contribution in [0.3, 0.4) is 0 Å². The third kappa shape index (κ3) is 2.92. The number of hydrogen-bond acceptors (Lipinski definition) is 3. The lowest BCUT2D eigenvalue weighted by Gasteiger charge is -2.39. The maximum atomic E-state index is 12.0. The smallest absolute Gasteiger partial charge is 0.410 e. The van der Waals surface area contributed by atoms with Gasteiger partial charge < -0.3 is 15.0 Å². The van der Waals surface area contributed by atoms with E-state index < -0.39 is 5.60 Å². The highest BCUT2D eigenvalue weighted by molar-refractivity contribution is 5.68. The summed E-state index contributed by atoms with van der Waals surface area (Å²) in [5.74, 6) is 1.90. The van der Waals surface area contributed by atoms with Gasteiger partial charge in [0.25, 0.3) is 0 Å². The monoisotopic (exact) mass is 240 g/mol. The van der Waals surface area contributed by atoms with Crippen molar-refractivity contribution >= 4 is 6.09 Å². The summed E-state index contributed by atoms with van der Waals surface area (Å²) < 4.78 is 5.44. The van der Waals surface area contributed by atoms with Gasteiger partial charge in [-0.3, -0.25) is 0 Å². The normalized spacial score (nSPS) is 33.4. The molecule has 0 spiro atoms. The molecule has 1 unspecified atom stereocenters. The Morgan fingerprint density at radius 2 is 2.00 bits per heavy atom. The van der Waals surface area contributed by atoms with Crippen molar-refractivity contribution < 1.29 is 9.53 Å². The topological polar surface area (TPSA) is 41.6 Å². The Bertz CT molecular complexity index is 298. The summed E-state index contributed by atoms with van der Waals surface area (Å²) in [7, 11) is 0. The molecule has 0 aromatic rings. The van der Waals surface area contributed by atoms with Gasteiger partial charge in [-0.25, -0.2) is 4.79 Å². The molecule has 0 aromatic heterocycles. The van der Waals surface area contributed by atoms with E-state index in [0.717, 1.165) is 32.1 Å². The molecule has 2 fully saturated rings. The van der Waals surface area contributed by atoms with E-state index in [-0.39, 0.29) is 6.09 Å². The molecule has 0 bridgehead atoms. The van der Waals surface area contributed by atoms with Crippen molar-refractivity contribution in [2.45, 2.75) is 33.3 Å². The lowest BCUT2D eigenvalue weighted by molar-refractivity contribution is 0.00563. The van der Waals surface area contributed by atoms with Crippen LogP contribution in [-0.2, 0) is 4.74 Å². The summed E-state index contributed by atoms with van der Waals surface area (Å²) in [6, 6.07) is 0. The van der Waals surface area contributed by atoms with Gasteiger partial charge in [-0.1, -0.05) is 6.92 Å². The number of likely N-dealkylation sites (tertiary alicyclic amines) is 1. The van der Waals surface area contributed by atoms with Crippen LogP contribution in [0.25, 0.3) is 0 Å². The van der Waals surface area contributed by atoms with Crippen molar-refractivity contribution in [2.75, 3.05) is 26.2 Å². The van der Waals surface area contributed by atoms with Crippen molar-refractivity contribution in [3.63, 3.8) is 0 Å². The number of carbonyl (C=O) groups excluding carboxylic acids is 1. The summed E-state index contributed by atoms with van der Waals surface area (Å²) in [6.07, 6.45) is -0.158. The molecule has 0 aromatic carbocycles. The Hall–Kier alpha value is -0.770. The number of piperidine rings is 1. The van der Waals surface area contributed by atoms with Crippen LogP contribution < -0.4 is 5.32 Å². The minimum absolute atomic E-state index is 0.158. The Balaban J connectivity index is 1.96. The van der Waals surface area contributed by atoms with Crippen molar-refractivity contribution in [1.29, 1.82) is 0 Å². The zero-order valence-electron chi connectivity index (χ0n) is 11.3. The third-order valence-corrected chi connectivity index (χ3v) is 3.74. The highest BCUT2D eigenvalue weighted by Crippen LogP contribution is 2.31. The van der Waals surface area contributed by atoms with Gasteiger partial charge in [-0.05, 0) is 51.6 Å². The van der Waals surface area contributed by atoms with E-state index >= 15 is 0 Å². The van der Waals surface area contributed by atoms with E-state index in [2.05, 4.69) is 12.2 Å². The first-order valence-corrected chi connectivity index (χ1v) is 6.55. The van der Waals surface area contributed by atoms with Crippen LogP contribution in [0, 0.1) is 17.8 Å². The second-order valence-corrected chi connectivity index (χ2v) is 6.44. The van der Waals surface area contributed by atoms with E-state index in [1.54, 1.807) is 0 Å². The van der Waals surface area contributed by atoms with Crippen LogP contribution in [0.5, 0.6) is 0 Å². The maximum Gasteiger partial charge on any atom is 0.410 e. The van der Waals surface area contributed by atoms with Gasteiger partial charge in [-0.15, -0.1) is 0 Å². The number of nitrogens with one attached hydrogen (secondary N) is 1. The SMILES string of the molecule is CC1CN(C(=O)OC(C)(C)C)C[C@@H]2CNC[C@H]12. The van der Waals surface area contributed by atoms with Crippen LogP contribution in [0.4, 0.5) is 4.79 Å². The highest BCUT2D eigenvalue weighted by atomic mass is 16.6. The number of ether oxygens (including phenoxy) is 1. The largest absolute Gasteiger partial charge is 0.444 e. The zero-order chi connectivity index (χ0) is 12.6. The lowest BCUT2D eigenvalue weighted by Crippen LogP contribution is -2.49. The van der Waals surface area contributed by atoms with Gasteiger partial charge in [0, 0.05) is 13.1 Å². The van der Waals surface area contributed by atoms with Gasteiger partial charge >= 0.3 is 6.09 Å². The molecule has 4 heteroatoms. The van der Waals surface area contributed by atoms with E-state index in [9.17, 15) is 4.79 Å². The number of hydrogen-bond donors (Lipinski definition) is 1. The molecule has 2 heterocycles. The van der Waals surface area contributed by atoms with Crippen LogP contribution in [-0.4, -0.2) is 42.8 Å². The zero-order valence-corrected chi connectivity index (χ0v) is 11.3. The minimum atomic E-state index is -0.398. The lowest BCUT2D eigenvalue weighted by atomic mass is 9.81. The Morgan fingerprint density at radius 1 is 1.29 bits per heavy atom. The molecule has 0 radical (unpaired) electrons. The molecule has 2 saturated heterocycles. The predicted octanol–water partition coefficient (Wildman–Crippen LogP) is 1.71. The molecule has 1 amide bonds. The van der Waals surface area contributed by atoms with E-state index in [4.69, 9.17) is 4.74 Å². The molecule has 17 heavy (non-hydrogen) atoms. The third-order valence-electron chi connectivity index (χ3n) is 3.74. The fraction of sp³-hybridized carbons (Fsp3) is 0.923. The number of amides is 1. The molecule has 2 aliphatic rings. The van der Waals surface area contributed by atoms with Gasteiger partial charge in [0.1, 0.15) is 5.60 Å².